The summed E-state index contributed by atoms with van der Waals surface area (Å²) in [5.74, 6) is -0.463. The highest BCUT2D eigenvalue weighted by atomic mass is 35.5. The van der Waals surface area contributed by atoms with Crippen LogP contribution >= 0.6 is 35.0 Å². The van der Waals surface area contributed by atoms with Crippen LogP contribution in [0.15, 0.2) is 29.3 Å². The molecule has 1 heterocycles. The zero-order chi connectivity index (χ0) is 15.6. The van der Waals surface area contributed by atoms with Crippen LogP contribution in [0.1, 0.15) is 27.2 Å². The Hall–Kier alpha value is -1.23. The van der Waals surface area contributed by atoms with Gasteiger partial charge in [0.1, 0.15) is 5.03 Å². The average molecular weight is 342 g/mol. The van der Waals surface area contributed by atoms with E-state index in [9.17, 15) is 9.90 Å². The second-order valence-corrected chi connectivity index (χ2v) is 6.40. The minimum absolute atomic E-state index is 0.240. The maximum absolute atomic E-state index is 11.4. The van der Waals surface area contributed by atoms with Crippen LogP contribution in [0.4, 0.5) is 0 Å². The zero-order valence-electron chi connectivity index (χ0n) is 11.5. The lowest BCUT2D eigenvalue weighted by molar-refractivity contribution is 0.0691. The van der Waals surface area contributed by atoms with E-state index in [1.807, 2.05) is 6.92 Å². The number of hydrogen-bond donors (Lipinski definition) is 1. The molecular weight excluding hydrogens is 329 g/mol. The van der Waals surface area contributed by atoms with E-state index in [4.69, 9.17) is 23.2 Å². The Bertz CT molecular complexity index is 704. The van der Waals surface area contributed by atoms with E-state index >= 15 is 0 Å². The second kappa shape index (κ2) is 6.69. The zero-order valence-corrected chi connectivity index (χ0v) is 13.8. The van der Waals surface area contributed by atoms with Crippen LogP contribution in [-0.2, 0) is 5.75 Å². The first kappa shape index (κ1) is 16.1. The minimum atomic E-state index is -0.973. The standard InChI is InChI=1S/C15H13Cl2NO2S/c1-8-5-9(2)18-14(13(8)15(19)20)21-7-10-6-11(16)3-4-12(10)17/h3-6H,7H2,1-2H3,(H,19,20). The first-order valence-electron chi connectivity index (χ1n) is 6.16. The largest absolute Gasteiger partial charge is 0.478 e. The van der Waals surface area contributed by atoms with E-state index in [1.165, 1.54) is 11.8 Å². The summed E-state index contributed by atoms with van der Waals surface area (Å²) in [7, 11) is 0. The fourth-order valence-electron chi connectivity index (χ4n) is 1.97. The van der Waals surface area contributed by atoms with Crippen LogP contribution in [0.3, 0.4) is 0 Å². The maximum atomic E-state index is 11.4. The van der Waals surface area contributed by atoms with Gasteiger partial charge < -0.3 is 5.11 Å². The van der Waals surface area contributed by atoms with Crippen LogP contribution < -0.4 is 0 Å². The summed E-state index contributed by atoms with van der Waals surface area (Å²) in [4.78, 5) is 15.7. The van der Waals surface area contributed by atoms with Gasteiger partial charge in [-0.2, -0.15) is 0 Å². The van der Waals surface area contributed by atoms with Crippen molar-refractivity contribution in [2.75, 3.05) is 0 Å². The van der Waals surface area contributed by atoms with Crippen molar-refractivity contribution in [3.05, 3.63) is 56.7 Å². The third kappa shape index (κ3) is 3.90. The number of halogens is 2. The van der Waals surface area contributed by atoms with Gasteiger partial charge in [-0.05, 0) is 49.2 Å². The van der Waals surface area contributed by atoms with Gasteiger partial charge in [0, 0.05) is 21.5 Å². The van der Waals surface area contributed by atoms with E-state index in [-0.39, 0.29) is 5.56 Å². The number of rotatable bonds is 4. The van der Waals surface area contributed by atoms with Crippen LogP contribution in [0.25, 0.3) is 0 Å². The number of carboxylic acid groups (broad SMARTS) is 1. The Morgan fingerprint density at radius 2 is 2.00 bits per heavy atom. The number of nitrogens with zero attached hydrogens (tertiary/aromatic N) is 1. The van der Waals surface area contributed by atoms with Crippen molar-refractivity contribution in [1.29, 1.82) is 0 Å². The lowest BCUT2D eigenvalue weighted by Crippen LogP contribution is -2.05. The molecule has 0 radical (unpaired) electrons. The molecule has 1 aromatic carbocycles. The van der Waals surface area contributed by atoms with Gasteiger partial charge >= 0.3 is 5.97 Å². The number of aromatic nitrogens is 1. The first-order chi connectivity index (χ1) is 9.88. The summed E-state index contributed by atoms with van der Waals surface area (Å²) in [5, 5.41) is 11.0. The van der Waals surface area contributed by atoms with E-state index in [0.717, 1.165) is 11.3 Å². The van der Waals surface area contributed by atoms with Crippen molar-refractivity contribution in [3.8, 4) is 0 Å². The van der Waals surface area contributed by atoms with Crippen LogP contribution in [0, 0.1) is 13.8 Å². The number of thioether (sulfide) groups is 1. The molecule has 6 heteroatoms. The molecule has 0 fully saturated rings. The van der Waals surface area contributed by atoms with E-state index in [1.54, 1.807) is 31.2 Å². The highest BCUT2D eigenvalue weighted by molar-refractivity contribution is 7.98. The third-order valence-electron chi connectivity index (χ3n) is 2.90. The number of aromatic carboxylic acids is 1. The van der Waals surface area contributed by atoms with Crippen molar-refractivity contribution in [3.63, 3.8) is 0 Å². The van der Waals surface area contributed by atoms with Crippen molar-refractivity contribution < 1.29 is 9.90 Å². The van der Waals surface area contributed by atoms with Crippen molar-refractivity contribution in [2.24, 2.45) is 0 Å². The molecule has 0 unspecified atom stereocenters. The number of pyridine rings is 1. The second-order valence-electron chi connectivity index (χ2n) is 4.59. The molecule has 0 amide bonds. The van der Waals surface area contributed by atoms with Crippen LogP contribution in [-0.4, -0.2) is 16.1 Å². The molecule has 0 atom stereocenters. The fraction of sp³-hybridized carbons (Fsp3) is 0.200. The van der Waals surface area contributed by atoms with Gasteiger partial charge in [-0.3, -0.25) is 0 Å². The number of benzene rings is 1. The monoisotopic (exact) mass is 341 g/mol. The highest BCUT2D eigenvalue weighted by Crippen LogP contribution is 2.31. The van der Waals surface area contributed by atoms with Gasteiger partial charge in [-0.15, -0.1) is 11.8 Å². The summed E-state index contributed by atoms with van der Waals surface area (Å²) in [6, 6.07) is 6.99. The summed E-state index contributed by atoms with van der Waals surface area (Å²) < 4.78 is 0. The maximum Gasteiger partial charge on any atom is 0.338 e. The molecule has 2 rings (SSSR count). The number of carbonyl (C=O) groups is 1. The summed E-state index contributed by atoms with van der Waals surface area (Å²) >= 11 is 13.4. The molecule has 0 bridgehead atoms. The van der Waals surface area contributed by atoms with Gasteiger partial charge in [0.15, 0.2) is 0 Å². The smallest absolute Gasteiger partial charge is 0.338 e. The van der Waals surface area contributed by atoms with Gasteiger partial charge in [0.2, 0.25) is 0 Å². The quantitative estimate of drug-likeness (QED) is 0.795. The summed E-state index contributed by atoms with van der Waals surface area (Å²) in [6.45, 7) is 3.61. The first-order valence-corrected chi connectivity index (χ1v) is 7.91. The van der Waals surface area contributed by atoms with E-state index in [2.05, 4.69) is 4.98 Å². The van der Waals surface area contributed by atoms with Crippen molar-refractivity contribution >= 4 is 40.9 Å². The van der Waals surface area contributed by atoms with E-state index in [0.29, 0.717) is 26.4 Å². The SMILES string of the molecule is Cc1cc(C)c(C(=O)O)c(SCc2cc(Cl)ccc2Cl)n1. The van der Waals surface area contributed by atoms with E-state index < -0.39 is 5.97 Å². The average Bonchev–Trinajstić information content (AvgIpc) is 2.38. The molecule has 0 aliphatic rings. The Morgan fingerprint density at radius 1 is 1.29 bits per heavy atom. The van der Waals surface area contributed by atoms with Gasteiger partial charge in [0.05, 0.1) is 5.56 Å². The Morgan fingerprint density at radius 3 is 2.67 bits per heavy atom. The van der Waals surface area contributed by atoms with Crippen LogP contribution in [0.5, 0.6) is 0 Å². The normalized spacial score (nSPS) is 10.7. The molecular formula is C15H13Cl2NO2S. The molecule has 1 aromatic heterocycles. The third-order valence-corrected chi connectivity index (χ3v) is 4.53. The fourth-order valence-corrected chi connectivity index (χ4v) is 3.56. The van der Waals surface area contributed by atoms with Crippen LogP contribution in [0.2, 0.25) is 10.0 Å². The molecule has 1 N–H and O–H groups in total. The van der Waals surface area contributed by atoms with Crippen molar-refractivity contribution in [1.82, 2.24) is 4.98 Å². The molecule has 0 saturated heterocycles. The van der Waals surface area contributed by atoms with Gasteiger partial charge in [-0.1, -0.05) is 23.2 Å². The number of aryl methyl sites for hydroxylation is 2. The topological polar surface area (TPSA) is 50.2 Å². The van der Waals surface area contributed by atoms with Crippen molar-refractivity contribution in [2.45, 2.75) is 24.6 Å². The summed E-state index contributed by atoms with van der Waals surface area (Å²) in [5.41, 5.74) is 2.59. The predicted molar refractivity (Wildman–Crippen MR) is 86.7 cm³/mol. The summed E-state index contributed by atoms with van der Waals surface area (Å²) in [6.07, 6.45) is 0. The van der Waals surface area contributed by atoms with Gasteiger partial charge in [-0.25, -0.2) is 9.78 Å². The molecule has 21 heavy (non-hydrogen) atoms. The Kier molecular flexibility index (Phi) is 5.14. The highest BCUT2D eigenvalue weighted by Gasteiger charge is 2.16. The molecule has 110 valence electrons. The predicted octanol–water partition coefficient (Wildman–Crippen LogP) is 5.00. The molecule has 2 aromatic rings. The number of hydrogen-bond acceptors (Lipinski definition) is 3. The van der Waals surface area contributed by atoms with Gasteiger partial charge in [0.25, 0.3) is 0 Å². The molecule has 0 aliphatic carbocycles. The lowest BCUT2D eigenvalue weighted by atomic mass is 10.1. The minimum Gasteiger partial charge on any atom is -0.478 e. The Labute approximate surface area is 137 Å². The molecule has 3 nitrogen and oxygen atoms in total. The molecule has 0 aliphatic heterocycles. The molecule has 0 spiro atoms. The Balaban J connectivity index is 2.31. The number of carboxylic acids is 1. The molecule has 0 saturated carbocycles. The lowest BCUT2D eigenvalue weighted by Gasteiger charge is -2.10.